The lowest BCUT2D eigenvalue weighted by Gasteiger charge is -2.19. The van der Waals surface area contributed by atoms with E-state index in [4.69, 9.17) is 4.74 Å². The van der Waals surface area contributed by atoms with Gasteiger partial charge in [-0.05, 0) is 30.7 Å². The number of benzene rings is 1. The van der Waals surface area contributed by atoms with Crippen LogP contribution in [0.5, 0.6) is 5.75 Å². The molecule has 2 heterocycles. The number of nitrogens with one attached hydrogen (secondary N) is 2. The molecule has 1 aromatic heterocycles. The minimum atomic E-state index is -4.50. The first-order valence-corrected chi connectivity index (χ1v) is 8.63. The second-order valence-electron chi connectivity index (χ2n) is 6.45. The van der Waals surface area contributed by atoms with E-state index in [-0.39, 0.29) is 29.9 Å². The van der Waals surface area contributed by atoms with Crippen molar-refractivity contribution in [3.63, 3.8) is 0 Å². The summed E-state index contributed by atoms with van der Waals surface area (Å²) in [5.74, 6) is -0.657. The van der Waals surface area contributed by atoms with E-state index < -0.39 is 17.7 Å². The van der Waals surface area contributed by atoms with Crippen molar-refractivity contribution in [3.05, 3.63) is 41.7 Å². The summed E-state index contributed by atoms with van der Waals surface area (Å²) < 4.78 is 46.1. The summed E-state index contributed by atoms with van der Waals surface area (Å²) >= 11 is 0. The third-order valence-corrected chi connectivity index (χ3v) is 4.57. The Morgan fingerprint density at radius 2 is 2.19 bits per heavy atom. The maximum atomic E-state index is 13.0. The average Bonchev–Trinajstić information content (AvgIpc) is 3.24. The Balaban J connectivity index is 1.83. The van der Waals surface area contributed by atoms with Crippen molar-refractivity contribution in [2.45, 2.75) is 19.0 Å². The van der Waals surface area contributed by atoms with Crippen molar-refractivity contribution >= 4 is 11.6 Å². The number of nitrogens with zero attached hydrogens (tertiary/aromatic N) is 2. The van der Waals surface area contributed by atoms with Crippen molar-refractivity contribution in [1.29, 1.82) is 0 Å². The zero-order valence-corrected chi connectivity index (χ0v) is 15.0. The van der Waals surface area contributed by atoms with Crippen LogP contribution in [0.25, 0.3) is 0 Å². The lowest BCUT2D eigenvalue weighted by Crippen LogP contribution is -2.28. The Labute approximate surface area is 154 Å². The van der Waals surface area contributed by atoms with Gasteiger partial charge in [0.05, 0.1) is 30.0 Å². The van der Waals surface area contributed by atoms with Gasteiger partial charge in [-0.1, -0.05) is 0 Å². The van der Waals surface area contributed by atoms with Gasteiger partial charge in [0.15, 0.2) is 0 Å². The van der Waals surface area contributed by atoms with Gasteiger partial charge in [0.1, 0.15) is 5.75 Å². The predicted octanol–water partition coefficient (Wildman–Crippen LogP) is 2.78. The largest absolute Gasteiger partial charge is 0.492 e. The summed E-state index contributed by atoms with van der Waals surface area (Å²) in [4.78, 5) is 12.8. The molecule has 27 heavy (non-hydrogen) atoms. The molecule has 0 unspecified atom stereocenters. The molecule has 2 aromatic rings. The Morgan fingerprint density at radius 1 is 1.41 bits per heavy atom. The molecule has 3 rings (SSSR count). The highest BCUT2D eigenvalue weighted by atomic mass is 19.4. The first-order valence-electron chi connectivity index (χ1n) is 8.63. The van der Waals surface area contributed by atoms with Gasteiger partial charge >= 0.3 is 6.18 Å². The van der Waals surface area contributed by atoms with Crippen molar-refractivity contribution in [2.24, 2.45) is 13.0 Å². The van der Waals surface area contributed by atoms with Gasteiger partial charge in [-0.15, -0.1) is 0 Å². The van der Waals surface area contributed by atoms with Gasteiger partial charge in [0.25, 0.3) is 0 Å². The second kappa shape index (κ2) is 7.59. The van der Waals surface area contributed by atoms with Crippen LogP contribution in [0.2, 0.25) is 0 Å². The van der Waals surface area contributed by atoms with E-state index in [0.717, 1.165) is 17.7 Å². The Morgan fingerprint density at radius 3 is 2.81 bits per heavy atom. The van der Waals surface area contributed by atoms with E-state index in [1.54, 1.807) is 24.9 Å². The summed E-state index contributed by atoms with van der Waals surface area (Å²) in [6.07, 6.45) is -0.959. The number of anilines is 1. The molecule has 0 spiro atoms. The van der Waals surface area contributed by atoms with Gasteiger partial charge in [-0.25, -0.2) is 0 Å². The smallest absolute Gasteiger partial charge is 0.416 e. The molecule has 1 aliphatic heterocycles. The van der Waals surface area contributed by atoms with Gasteiger partial charge in [-0.3, -0.25) is 9.48 Å². The number of carbonyl (C=O) groups is 1. The van der Waals surface area contributed by atoms with Crippen molar-refractivity contribution in [2.75, 3.05) is 25.0 Å². The fraction of sp³-hybridized carbons (Fsp3) is 0.444. The molecular weight excluding hydrogens is 361 g/mol. The van der Waals surface area contributed by atoms with E-state index in [2.05, 4.69) is 15.7 Å². The molecule has 0 radical (unpaired) electrons. The second-order valence-corrected chi connectivity index (χ2v) is 6.45. The van der Waals surface area contributed by atoms with Crippen LogP contribution in [0, 0.1) is 5.92 Å². The quantitative estimate of drug-likeness (QED) is 0.835. The zero-order chi connectivity index (χ0) is 19.6. The van der Waals surface area contributed by atoms with Crippen LogP contribution in [0.3, 0.4) is 0 Å². The van der Waals surface area contributed by atoms with E-state index in [1.807, 2.05) is 6.20 Å². The van der Waals surface area contributed by atoms with E-state index >= 15 is 0 Å². The Hall–Kier alpha value is -2.55. The topological polar surface area (TPSA) is 68.2 Å². The number of rotatable bonds is 5. The highest BCUT2D eigenvalue weighted by Crippen LogP contribution is 2.36. The normalized spacial score (nSPS) is 19.9. The maximum absolute atomic E-state index is 13.0. The van der Waals surface area contributed by atoms with Gasteiger partial charge in [0, 0.05) is 32.3 Å². The standard InChI is InChI=1S/C18H21F3N4O2/c1-3-27-16-5-4-12(18(19,20)21)6-15(16)24-17(26)14-9-22-8-13(14)11-7-23-25(2)10-11/h4-7,10,13-14,22H,3,8-9H2,1-2H3,(H,24,26)/t13-,14+/m1/s1. The van der Waals surface area contributed by atoms with Crippen molar-refractivity contribution in [1.82, 2.24) is 15.1 Å². The number of hydrogen-bond donors (Lipinski definition) is 2. The molecule has 9 heteroatoms. The van der Waals surface area contributed by atoms with E-state index in [9.17, 15) is 18.0 Å². The van der Waals surface area contributed by atoms with Gasteiger partial charge < -0.3 is 15.4 Å². The molecule has 2 N–H and O–H groups in total. The van der Waals surface area contributed by atoms with Crippen LogP contribution >= 0.6 is 0 Å². The van der Waals surface area contributed by atoms with Crippen molar-refractivity contribution in [3.8, 4) is 5.75 Å². The third-order valence-electron chi connectivity index (χ3n) is 4.57. The van der Waals surface area contributed by atoms with Crippen LogP contribution in [0.1, 0.15) is 24.0 Å². The zero-order valence-electron chi connectivity index (χ0n) is 15.0. The number of carbonyl (C=O) groups excluding carboxylic acids is 1. The fourth-order valence-corrected chi connectivity index (χ4v) is 3.25. The molecule has 146 valence electrons. The number of ether oxygens (including phenoxy) is 1. The lowest BCUT2D eigenvalue weighted by atomic mass is 9.90. The number of alkyl halides is 3. The van der Waals surface area contributed by atoms with Gasteiger partial charge in [-0.2, -0.15) is 18.3 Å². The van der Waals surface area contributed by atoms with E-state index in [0.29, 0.717) is 13.1 Å². The van der Waals surface area contributed by atoms with E-state index in [1.165, 1.54) is 6.07 Å². The summed E-state index contributed by atoms with van der Waals surface area (Å²) in [5.41, 5.74) is 0.0971. The molecule has 1 fully saturated rings. The van der Waals surface area contributed by atoms with Crippen molar-refractivity contribution < 1.29 is 22.7 Å². The summed E-state index contributed by atoms with van der Waals surface area (Å²) in [6, 6.07) is 3.08. The minimum absolute atomic E-state index is 0.0218. The van der Waals surface area contributed by atoms with Crippen LogP contribution in [-0.4, -0.2) is 35.4 Å². The van der Waals surface area contributed by atoms with Crippen LogP contribution in [0.15, 0.2) is 30.6 Å². The average molecular weight is 382 g/mol. The molecular formula is C18H21F3N4O2. The number of aryl methyl sites for hydroxylation is 1. The van der Waals surface area contributed by atoms with Crippen LogP contribution in [0.4, 0.5) is 18.9 Å². The molecule has 1 aromatic carbocycles. The molecule has 6 nitrogen and oxygen atoms in total. The van der Waals surface area contributed by atoms with Gasteiger partial charge in [0.2, 0.25) is 5.91 Å². The lowest BCUT2D eigenvalue weighted by molar-refractivity contribution is -0.137. The number of halogens is 3. The van der Waals surface area contributed by atoms with Crippen LogP contribution < -0.4 is 15.4 Å². The summed E-state index contributed by atoms with van der Waals surface area (Å²) in [6.45, 7) is 3.04. The molecule has 0 aliphatic carbocycles. The summed E-state index contributed by atoms with van der Waals surface area (Å²) in [7, 11) is 1.79. The Kier molecular flexibility index (Phi) is 5.41. The Bertz CT molecular complexity index is 819. The molecule has 2 atom stereocenters. The number of aromatic nitrogens is 2. The van der Waals surface area contributed by atoms with Crippen LogP contribution in [-0.2, 0) is 18.0 Å². The number of hydrogen-bond acceptors (Lipinski definition) is 4. The SMILES string of the molecule is CCOc1ccc(C(F)(F)F)cc1NC(=O)[C@H]1CNC[C@@H]1c1cnn(C)c1. The molecule has 0 saturated carbocycles. The fourth-order valence-electron chi connectivity index (χ4n) is 3.25. The molecule has 0 bridgehead atoms. The maximum Gasteiger partial charge on any atom is 0.416 e. The third kappa shape index (κ3) is 4.24. The minimum Gasteiger partial charge on any atom is -0.492 e. The summed E-state index contributed by atoms with van der Waals surface area (Å²) in [5, 5.41) is 9.92. The highest BCUT2D eigenvalue weighted by molar-refractivity contribution is 5.95. The molecule has 1 amide bonds. The number of amides is 1. The predicted molar refractivity (Wildman–Crippen MR) is 93.6 cm³/mol. The molecule has 1 saturated heterocycles. The first kappa shape index (κ1) is 19.2. The monoisotopic (exact) mass is 382 g/mol. The highest BCUT2D eigenvalue weighted by Gasteiger charge is 2.36. The first-order chi connectivity index (χ1) is 12.8. The molecule has 1 aliphatic rings.